The van der Waals surface area contributed by atoms with Crippen molar-refractivity contribution in [2.45, 2.75) is 37.2 Å². The normalized spacial score (nSPS) is 26.5. The van der Waals surface area contributed by atoms with Crippen molar-refractivity contribution in [3.05, 3.63) is 63.7 Å². The highest BCUT2D eigenvalue weighted by atomic mass is 35.5. The summed E-state index contributed by atoms with van der Waals surface area (Å²) in [6.07, 6.45) is 6.09. The molecule has 5 rings (SSSR count). The number of carbonyl (C=O) groups excluding carboxylic acids is 1. The lowest BCUT2D eigenvalue weighted by molar-refractivity contribution is 0.0264. The van der Waals surface area contributed by atoms with Crippen LogP contribution >= 0.6 is 23.2 Å². The van der Waals surface area contributed by atoms with Crippen LogP contribution in [0.5, 0.6) is 0 Å². The molecule has 3 aromatic rings. The second kappa shape index (κ2) is 8.11. The van der Waals surface area contributed by atoms with Gasteiger partial charge in [0.25, 0.3) is 5.91 Å². The third-order valence-corrected chi connectivity index (χ3v) is 7.69. The van der Waals surface area contributed by atoms with Crippen LogP contribution in [0.25, 0.3) is 0 Å². The summed E-state index contributed by atoms with van der Waals surface area (Å²) in [5.74, 6) is -0.131. The molecule has 0 saturated heterocycles. The van der Waals surface area contributed by atoms with Gasteiger partial charge in [-0.3, -0.25) is 9.48 Å². The molecule has 174 valence electrons. The van der Waals surface area contributed by atoms with Crippen LogP contribution in [0.4, 0.5) is 10.1 Å². The second-order valence-electron chi connectivity index (χ2n) is 9.27. The topological polar surface area (TPSA) is 85.0 Å². The number of hydrogen-bond acceptors (Lipinski definition) is 4. The van der Waals surface area contributed by atoms with E-state index in [4.69, 9.17) is 23.2 Å². The molecule has 0 spiro atoms. The Kier molecular flexibility index (Phi) is 5.50. The Morgan fingerprint density at radius 3 is 2.52 bits per heavy atom. The van der Waals surface area contributed by atoms with Gasteiger partial charge in [0.05, 0.1) is 34.0 Å². The smallest absolute Gasteiger partial charge is 0.274 e. The number of fused-ring (bicyclic) bond motifs is 1. The Labute approximate surface area is 200 Å². The van der Waals surface area contributed by atoms with Crippen LogP contribution in [-0.4, -0.2) is 30.3 Å². The van der Waals surface area contributed by atoms with E-state index in [2.05, 4.69) is 15.4 Å². The monoisotopic (exact) mass is 491 g/mol. The minimum absolute atomic E-state index is 0.0531. The molecule has 2 aliphatic rings. The van der Waals surface area contributed by atoms with Crippen molar-refractivity contribution in [3.63, 3.8) is 0 Å². The summed E-state index contributed by atoms with van der Waals surface area (Å²) in [5.41, 5.74) is 1.32. The number of aliphatic hydroxyl groups is 1. The Bertz CT molecular complexity index is 1210. The third kappa shape index (κ3) is 3.84. The lowest BCUT2D eigenvalue weighted by Crippen LogP contribution is -2.27. The van der Waals surface area contributed by atoms with Gasteiger partial charge in [-0.1, -0.05) is 23.2 Å². The third-order valence-electron chi connectivity index (χ3n) is 7.12. The SMILES string of the molecule is Cn1cnc(C2CC3CC(O)(c4c(Cl)cnn4C)CC3C2)c1C(=O)Nc1ccc(F)c(Cl)c1. The summed E-state index contributed by atoms with van der Waals surface area (Å²) in [4.78, 5) is 17.6. The van der Waals surface area contributed by atoms with Crippen molar-refractivity contribution in [3.8, 4) is 0 Å². The van der Waals surface area contributed by atoms with Crippen LogP contribution in [0.3, 0.4) is 0 Å². The molecule has 2 N–H and O–H groups in total. The van der Waals surface area contributed by atoms with Gasteiger partial charge < -0.3 is 15.0 Å². The number of amides is 1. The Morgan fingerprint density at radius 1 is 1.21 bits per heavy atom. The van der Waals surface area contributed by atoms with E-state index in [1.807, 2.05) is 0 Å². The molecule has 0 bridgehead atoms. The summed E-state index contributed by atoms with van der Waals surface area (Å²) in [6.45, 7) is 0. The highest BCUT2D eigenvalue weighted by Gasteiger charge is 2.52. The van der Waals surface area contributed by atoms with Crippen LogP contribution in [0, 0.1) is 17.7 Å². The second-order valence-corrected chi connectivity index (χ2v) is 10.1. The van der Waals surface area contributed by atoms with Crippen LogP contribution in [0.2, 0.25) is 10.0 Å². The van der Waals surface area contributed by atoms with Gasteiger partial charge in [0.1, 0.15) is 17.1 Å². The molecule has 2 heterocycles. The molecule has 2 fully saturated rings. The maximum Gasteiger partial charge on any atom is 0.274 e. The maximum absolute atomic E-state index is 13.5. The molecule has 2 unspecified atom stereocenters. The highest BCUT2D eigenvalue weighted by molar-refractivity contribution is 6.31. The molecule has 0 aliphatic heterocycles. The molecule has 10 heteroatoms. The minimum atomic E-state index is -0.991. The molecule has 0 radical (unpaired) electrons. The number of rotatable bonds is 4. The number of halogens is 3. The lowest BCUT2D eigenvalue weighted by atomic mass is 9.90. The predicted molar refractivity (Wildman–Crippen MR) is 123 cm³/mol. The number of hydrogen-bond donors (Lipinski definition) is 2. The number of carbonyl (C=O) groups is 1. The number of anilines is 1. The molecule has 7 nitrogen and oxygen atoms in total. The van der Waals surface area contributed by atoms with Gasteiger partial charge in [0.15, 0.2) is 0 Å². The molecule has 2 aromatic heterocycles. The average molecular weight is 492 g/mol. The Hall–Kier alpha value is -2.42. The van der Waals surface area contributed by atoms with Crippen molar-refractivity contribution in [1.29, 1.82) is 0 Å². The summed E-state index contributed by atoms with van der Waals surface area (Å²) in [6, 6.07) is 4.07. The first-order valence-corrected chi connectivity index (χ1v) is 11.6. The van der Waals surface area contributed by atoms with Gasteiger partial charge in [-0.25, -0.2) is 9.37 Å². The highest BCUT2D eigenvalue weighted by Crippen LogP contribution is 2.57. The number of aromatic nitrogens is 4. The fourth-order valence-electron chi connectivity index (χ4n) is 5.80. The average Bonchev–Trinajstić information content (AvgIpc) is 3.47. The number of benzene rings is 1. The largest absolute Gasteiger partial charge is 0.383 e. The van der Waals surface area contributed by atoms with Crippen LogP contribution in [0.1, 0.15) is 53.5 Å². The molecule has 1 amide bonds. The molecular formula is C23H24Cl2FN5O2. The molecule has 2 atom stereocenters. The van der Waals surface area contributed by atoms with E-state index in [1.165, 1.54) is 18.2 Å². The zero-order valence-electron chi connectivity index (χ0n) is 18.2. The quantitative estimate of drug-likeness (QED) is 0.556. The van der Waals surface area contributed by atoms with Gasteiger partial charge in [0, 0.05) is 25.7 Å². The first kappa shape index (κ1) is 22.4. The van der Waals surface area contributed by atoms with E-state index in [-0.39, 0.29) is 16.8 Å². The lowest BCUT2D eigenvalue weighted by Gasteiger charge is -2.25. The summed E-state index contributed by atoms with van der Waals surface area (Å²) in [5, 5.41) is 18.8. The van der Waals surface area contributed by atoms with E-state index in [9.17, 15) is 14.3 Å². The fraction of sp³-hybridized carbons (Fsp3) is 0.435. The molecule has 2 saturated carbocycles. The Morgan fingerprint density at radius 2 is 1.91 bits per heavy atom. The number of nitrogens with one attached hydrogen (secondary N) is 1. The van der Waals surface area contributed by atoms with E-state index in [0.717, 1.165) is 18.5 Å². The van der Waals surface area contributed by atoms with Crippen LogP contribution < -0.4 is 5.32 Å². The number of aryl methyl sites for hydroxylation is 2. The van der Waals surface area contributed by atoms with E-state index in [0.29, 0.717) is 46.8 Å². The first-order chi connectivity index (χ1) is 15.7. The predicted octanol–water partition coefficient (Wildman–Crippen LogP) is 4.64. The summed E-state index contributed by atoms with van der Waals surface area (Å²) < 4.78 is 16.8. The van der Waals surface area contributed by atoms with Crippen molar-refractivity contribution in [2.75, 3.05) is 5.32 Å². The van der Waals surface area contributed by atoms with Crippen LogP contribution in [0.15, 0.2) is 30.7 Å². The molecular weight excluding hydrogens is 468 g/mol. The van der Waals surface area contributed by atoms with Gasteiger partial charge >= 0.3 is 0 Å². The maximum atomic E-state index is 13.5. The number of imidazole rings is 1. The van der Waals surface area contributed by atoms with Crippen molar-refractivity contribution in [1.82, 2.24) is 19.3 Å². The Balaban J connectivity index is 1.34. The summed E-state index contributed by atoms with van der Waals surface area (Å²) in [7, 11) is 3.57. The van der Waals surface area contributed by atoms with Gasteiger partial charge in [-0.2, -0.15) is 5.10 Å². The number of nitrogens with zero attached hydrogens (tertiary/aromatic N) is 4. The molecule has 2 aliphatic carbocycles. The van der Waals surface area contributed by atoms with Crippen molar-refractivity contribution in [2.24, 2.45) is 25.9 Å². The van der Waals surface area contributed by atoms with Gasteiger partial charge in [-0.15, -0.1) is 0 Å². The van der Waals surface area contributed by atoms with Gasteiger partial charge in [-0.05, 0) is 55.7 Å². The summed E-state index contributed by atoms with van der Waals surface area (Å²) >= 11 is 12.2. The molecule has 1 aromatic carbocycles. The first-order valence-electron chi connectivity index (χ1n) is 10.8. The van der Waals surface area contributed by atoms with E-state index in [1.54, 1.807) is 35.9 Å². The standard InChI is InChI=1S/C23H24Cl2FN5O2/c1-30-11-27-19(20(30)22(32)29-15-3-4-18(26)16(24)7-15)12-5-13-8-23(33,9-14(13)6-12)21-17(25)10-28-31(21)2/h3-4,7,10-14,33H,5-6,8-9H2,1-2H3,(H,29,32). The van der Waals surface area contributed by atoms with E-state index >= 15 is 0 Å². The van der Waals surface area contributed by atoms with Gasteiger partial charge in [0.2, 0.25) is 0 Å². The fourth-order valence-corrected chi connectivity index (χ4v) is 6.32. The molecule has 33 heavy (non-hydrogen) atoms. The minimum Gasteiger partial charge on any atom is -0.383 e. The zero-order valence-corrected chi connectivity index (χ0v) is 19.7. The van der Waals surface area contributed by atoms with Crippen molar-refractivity contribution >= 4 is 34.8 Å². The van der Waals surface area contributed by atoms with Crippen molar-refractivity contribution < 1.29 is 14.3 Å². The zero-order chi connectivity index (χ0) is 23.5. The van der Waals surface area contributed by atoms with E-state index < -0.39 is 11.4 Å². The van der Waals surface area contributed by atoms with Crippen LogP contribution in [-0.2, 0) is 19.7 Å².